The third-order valence-corrected chi connectivity index (χ3v) is 5.62. The van der Waals surface area contributed by atoms with Gasteiger partial charge in [0.2, 0.25) is 5.91 Å². The Balaban J connectivity index is 1.43. The van der Waals surface area contributed by atoms with E-state index in [0.29, 0.717) is 22.0 Å². The van der Waals surface area contributed by atoms with Gasteiger partial charge in [0, 0.05) is 41.7 Å². The number of hydrogen-bond acceptors (Lipinski definition) is 3. The van der Waals surface area contributed by atoms with E-state index in [4.69, 9.17) is 11.6 Å². The van der Waals surface area contributed by atoms with Crippen molar-refractivity contribution < 1.29 is 9.59 Å². The number of anilines is 2. The van der Waals surface area contributed by atoms with Gasteiger partial charge in [-0.15, -0.1) is 0 Å². The summed E-state index contributed by atoms with van der Waals surface area (Å²) in [6.07, 6.45) is 2.07. The van der Waals surface area contributed by atoms with E-state index >= 15 is 0 Å². The summed E-state index contributed by atoms with van der Waals surface area (Å²) >= 11 is 5.89. The standard InChI is InChI=1S/C23H23ClN4O2/c1-16-21-7-4-12-27(21)13-14-28(16)15-22(29)26-20-6-3-2-5-19(20)23(30)25-18-10-8-17(24)9-11-18/h2-12,16H,13-15H2,1H3,(H,25,30)(H,26,29). The molecule has 4 rings (SSSR count). The second-order valence-corrected chi connectivity index (χ2v) is 7.76. The molecule has 0 saturated heterocycles. The molecule has 1 aliphatic heterocycles. The summed E-state index contributed by atoms with van der Waals surface area (Å²) in [6.45, 7) is 4.03. The van der Waals surface area contributed by atoms with Crippen LogP contribution in [0.4, 0.5) is 11.4 Å². The maximum Gasteiger partial charge on any atom is 0.257 e. The fraction of sp³-hybridized carbons (Fsp3) is 0.217. The van der Waals surface area contributed by atoms with Crippen LogP contribution in [0.1, 0.15) is 29.0 Å². The van der Waals surface area contributed by atoms with Gasteiger partial charge in [-0.05, 0) is 55.5 Å². The van der Waals surface area contributed by atoms with Gasteiger partial charge in [-0.2, -0.15) is 0 Å². The van der Waals surface area contributed by atoms with Gasteiger partial charge in [-0.1, -0.05) is 23.7 Å². The number of amides is 2. The summed E-state index contributed by atoms with van der Waals surface area (Å²) < 4.78 is 2.22. The zero-order chi connectivity index (χ0) is 21.1. The number of para-hydroxylation sites is 1. The molecule has 2 amide bonds. The van der Waals surface area contributed by atoms with Crippen molar-refractivity contribution in [2.24, 2.45) is 0 Å². The molecule has 0 aliphatic carbocycles. The van der Waals surface area contributed by atoms with E-state index < -0.39 is 0 Å². The van der Waals surface area contributed by atoms with Crippen LogP contribution in [-0.2, 0) is 11.3 Å². The fourth-order valence-electron chi connectivity index (χ4n) is 3.74. The lowest BCUT2D eigenvalue weighted by Gasteiger charge is -2.34. The number of aromatic nitrogens is 1. The largest absolute Gasteiger partial charge is 0.349 e. The molecule has 2 N–H and O–H groups in total. The van der Waals surface area contributed by atoms with Crippen molar-refractivity contribution >= 4 is 34.8 Å². The van der Waals surface area contributed by atoms with Crippen LogP contribution in [0.3, 0.4) is 0 Å². The van der Waals surface area contributed by atoms with Gasteiger partial charge < -0.3 is 15.2 Å². The second-order valence-electron chi connectivity index (χ2n) is 7.33. The number of benzene rings is 2. The topological polar surface area (TPSA) is 66.4 Å². The first-order chi connectivity index (χ1) is 14.5. The monoisotopic (exact) mass is 422 g/mol. The van der Waals surface area contributed by atoms with Crippen LogP contribution in [-0.4, -0.2) is 34.4 Å². The van der Waals surface area contributed by atoms with Crippen molar-refractivity contribution in [2.75, 3.05) is 23.7 Å². The van der Waals surface area contributed by atoms with E-state index in [1.54, 1.807) is 48.5 Å². The molecule has 1 aromatic heterocycles. The number of carbonyl (C=O) groups is 2. The predicted molar refractivity (Wildman–Crippen MR) is 119 cm³/mol. The highest BCUT2D eigenvalue weighted by molar-refractivity contribution is 6.30. The first-order valence-electron chi connectivity index (χ1n) is 9.86. The minimum absolute atomic E-state index is 0.145. The van der Waals surface area contributed by atoms with Gasteiger partial charge in [-0.25, -0.2) is 0 Å². The normalized spacial score (nSPS) is 16.0. The van der Waals surface area contributed by atoms with Crippen LogP contribution in [0.15, 0.2) is 66.9 Å². The van der Waals surface area contributed by atoms with E-state index in [-0.39, 0.29) is 24.4 Å². The molecular formula is C23H23ClN4O2. The summed E-state index contributed by atoms with van der Waals surface area (Å²) in [6, 6.07) is 18.2. The van der Waals surface area contributed by atoms with Crippen molar-refractivity contribution in [3.05, 3.63) is 83.1 Å². The number of rotatable bonds is 5. The molecule has 154 valence electrons. The van der Waals surface area contributed by atoms with E-state index in [1.165, 1.54) is 5.69 Å². The molecular weight excluding hydrogens is 400 g/mol. The van der Waals surface area contributed by atoms with E-state index in [1.807, 2.05) is 6.07 Å². The third kappa shape index (κ3) is 4.40. The number of carbonyl (C=O) groups excluding carboxylic acids is 2. The SMILES string of the molecule is CC1c2cccn2CCN1CC(=O)Nc1ccccc1C(=O)Nc1ccc(Cl)cc1. The zero-order valence-electron chi connectivity index (χ0n) is 16.6. The lowest BCUT2D eigenvalue weighted by molar-refractivity contribution is -0.118. The van der Waals surface area contributed by atoms with Crippen LogP contribution >= 0.6 is 11.6 Å². The van der Waals surface area contributed by atoms with Crippen LogP contribution in [0.5, 0.6) is 0 Å². The molecule has 1 aliphatic rings. The van der Waals surface area contributed by atoms with Crippen LogP contribution in [0, 0.1) is 0 Å². The Labute approximate surface area is 180 Å². The molecule has 0 saturated carbocycles. The summed E-state index contributed by atoms with van der Waals surface area (Å²) in [5, 5.41) is 6.33. The Morgan fingerprint density at radius 2 is 1.77 bits per heavy atom. The number of nitrogens with one attached hydrogen (secondary N) is 2. The van der Waals surface area contributed by atoms with E-state index in [0.717, 1.165) is 13.1 Å². The van der Waals surface area contributed by atoms with Gasteiger partial charge in [-0.3, -0.25) is 14.5 Å². The Hall–Kier alpha value is -3.09. The highest BCUT2D eigenvalue weighted by atomic mass is 35.5. The van der Waals surface area contributed by atoms with Gasteiger partial charge in [0.1, 0.15) is 0 Å². The van der Waals surface area contributed by atoms with Gasteiger partial charge >= 0.3 is 0 Å². The molecule has 1 unspecified atom stereocenters. The average molecular weight is 423 g/mol. The number of fused-ring (bicyclic) bond motifs is 1. The second kappa shape index (κ2) is 8.73. The lowest BCUT2D eigenvalue weighted by Crippen LogP contribution is -2.41. The maximum atomic E-state index is 12.7. The predicted octanol–water partition coefficient (Wildman–Crippen LogP) is 4.41. The molecule has 2 aromatic carbocycles. The van der Waals surface area contributed by atoms with Crippen LogP contribution in [0.25, 0.3) is 0 Å². The Morgan fingerprint density at radius 1 is 1.00 bits per heavy atom. The molecule has 0 spiro atoms. The minimum Gasteiger partial charge on any atom is -0.349 e. The summed E-state index contributed by atoms with van der Waals surface area (Å²) in [7, 11) is 0. The van der Waals surface area contributed by atoms with Crippen LogP contribution in [0.2, 0.25) is 5.02 Å². The Bertz CT molecular complexity index is 1060. The summed E-state index contributed by atoms with van der Waals surface area (Å²) in [4.78, 5) is 27.6. The van der Waals surface area contributed by atoms with Gasteiger partial charge in [0.25, 0.3) is 5.91 Å². The molecule has 0 bridgehead atoms. The zero-order valence-corrected chi connectivity index (χ0v) is 17.4. The van der Waals surface area contributed by atoms with Crippen molar-refractivity contribution in [3.63, 3.8) is 0 Å². The fourth-order valence-corrected chi connectivity index (χ4v) is 3.87. The van der Waals surface area contributed by atoms with E-state index in [9.17, 15) is 9.59 Å². The van der Waals surface area contributed by atoms with Crippen molar-refractivity contribution in [1.82, 2.24) is 9.47 Å². The third-order valence-electron chi connectivity index (χ3n) is 5.36. The molecule has 6 nitrogen and oxygen atoms in total. The maximum absolute atomic E-state index is 12.7. The molecule has 0 fully saturated rings. The van der Waals surface area contributed by atoms with Gasteiger partial charge in [0.05, 0.1) is 17.8 Å². The van der Waals surface area contributed by atoms with Crippen molar-refractivity contribution in [1.29, 1.82) is 0 Å². The van der Waals surface area contributed by atoms with Crippen LogP contribution < -0.4 is 10.6 Å². The minimum atomic E-state index is -0.294. The lowest BCUT2D eigenvalue weighted by atomic mass is 10.1. The quantitative estimate of drug-likeness (QED) is 0.640. The first-order valence-corrected chi connectivity index (χ1v) is 10.2. The highest BCUT2D eigenvalue weighted by Gasteiger charge is 2.25. The van der Waals surface area contributed by atoms with Gasteiger partial charge in [0.15, 0.2) is 0 Å². The first kappa shape index (κ1) is 20.2. The molecule has 30 heavy (non-hydrogen) atoms. The molecule has 1 atom stereocenters. The molecule has 3 aromatic rings. The Kier molecular flexibility index (Phi) is 5.88. The van der Waals surface area contributed by atoms with Crippen molar-refractivity contribution in [2.45, 2.75) is 19.5 Å². The Morgan fingerprint density at radius 3 is 2.57 bits per heavy atom. The van der Waals surface area contributed by atoms with E-state index in [2.05, 4.69) is 39.3 Å². The summed E-state index contributed by atoms with van der Waals surface area (Å²) in [5.74, 6) is -0.439. The molecule has 7 heteroatoms. The molecule has 2 heterocycles. The number of nitrogens with zero attached hydrogens (tertiary/aromatic N) is 2. The average Bonchev–Trinajstić information content (AvgIpc) is 3.22. The number of hydrogen-bond donors (Lipinski definition) is 2. The molecule has 0 radical (unpaired) electrons. The summed E-state index contributed by atoms with van der Waals surface area (Å²) in [5.41, 5.74) is 2.73. The smallest absolute Gasteiger partial charge is 0.257 e. The number of halogens is 1. The highest BCUT2D eigenvalue weighted by Crippen LogP contribution is 2.25. The van der Waals surface area contributed by atoms with Crippen molar-refractivity contribution in [3.8, 4) is 0 Å².